The number of carbonyl (C=O) groups excluding carboxylic acids is 2. The van der Waals surface area contributed by atoms with Crippen LogP contribution in [0.25, 0.3) is 0 Å². The Morgan fingerprint density at radius 2 is 1.55 bits per heavy atom. The number of ketones is 1. The van der Waals surface area contributed by atoms with Crippen molar-refractivity contribution >= 4 is 51.3 Å². The van der Waals surface area contributed by atoms with Crippen molar-refractivity contribution < 1.29 is 9.59 Å². The molecule has 0 atom stereocenters. The molecule has 1 N–H and O–H groups in total. The number of anilines is 3. The summed E-state index contributed by atoms with van der Waals surface area (Å²) in [7, 11) is 0. The lowest BCUT2D eigenvalue weighted by molar-refractivity contribution is -0.123. The number of piperazine rings is 1. The van der Waals surface area contributed by atoms with Gasteiger partial charge in [0.25, 0.3) is 0 Å². The maximum atomic E-state index is 13.2. The van der Waals surface area contributed by atoms with Crippen LogP contribution in [0.3, 0.4) is 0 Å². The number of halogens is 1. The zero-order chi connectivity index (χ0) is 23.6. The van der Waals surface area contributed by atoms with Gasteiger partial charge < -0.3 is 15.1 Å². The van der Waals surface area contributed by atoms with Crippen LogP contribution in [0, 0.1) is 5.41 Å². The van der Waals surface area contributed by atoms with E-state index in [9.17, 15) is 9.59 Å². The van der Waals surface area contributed by atoms with Crippen LogP contribution in [-0.2, 0) is 4.79 Å². The van der Waals surface area contributed by atoms with E-state index < -0.39 is 5.41 Å². The van der Waals surface area contributed by atoms with E-state index in [1.54, 1.807) is 12.1 Å². The first-order valence-corrected chi connectivity index (χ1v) is 12.1. The third-order valence-corrected chi connectivity index (χ3v) is 6.88. The van der Waals surface area contributed by atoms with Crippen LogP contribution in [0.4, 0.5) is 16.6 Å². The van der Waals surface area contributed by atoms with E-state index in [4.69, 9.17) is 16.6 Å². The van der Waals surface area contributed by atoms with Crippen molar-refractivity contribution in [2.75, 3.05) is 41.3 Å². The fourth-order valence-electron chi connectivity index (χ4n) is 3.51. The van der Waals surface area contributed by atoms with Crippen LogP contribution in [-0.4, -0.2) is 42.9 Å². The van der Waals surface area contributed by atoms with E-state index in [1.807, 2.05) is 63.2 Å². The molecule has 2 aromatic carbocycles. The normalized spacial score (nSPS) is 14.3. The minimum atomic E-state index is -0.596. The number of aromatic nitrogens is 1. The second-order valence-corrected chi connectivity index (χ2v) is 10.4. The van der Waals surface area contributed by atoms with Crippen molar-refractivity contribution in [3.63, 3.8) is 0 Å². The summed E-state index contributed by atoms with van der Waals surface area (Å²) in [6.45, 7) is 8.70. The highest BCUT2D eigenvalue weighted by Crippen LogP contribution is 2.34. The predicted molar refractivity (Wildman–Crippen MR) is 136 cm³/mol. The van der Waals surface area contributed by atoms with Gasteiger partial charge in [0, 0.05) is 47.9 Å². The third kappa shape index (κ3) is 5.37. The van der Waals surface area contributed by atoms with Gasteiger partial charge in [0.1, 0.15) is 4.88 Å². The summed E-state index contributed by atoms with van der Waals surface area (Å²) in [5.74, 6) is 0.0290. The number of nitrogens with zero attached hydrogens (tertiary/aromatic N) is 3. The average molecular weight is 483 g/mol. The largest absolute Gasteiger partial charge is 0.368 e. The summed E-state index contributed by atoms with van der Waals surface area (Å²) in [5, 5.41) is 4.36. The number of thiazole rings is 1. The third-order valence-electron chi connectivity index (χ3n) is 5.51. The zero-order valence-corrected chi connectivity index (χ0v) is 20.5. The van der Waals surface area contributed by atoms with Crippen molar-refractivity contribution in [3.8, 4) is 0 Å². The average Bonchev–Trinajstić information content (AvgIpc) is 3.23. The Bertz CT molecular complexity index is 1130. The molecule has 1 fully saturated rings. The summed E-state index contributed by atoms with van der Waals surface area (Å²) in [4.78, 5) is 35.5. The maximum absolute atomic E-state index is 13.2. The van der Waals surface area contributed by atoms with Gasteiger partial charge in [-0.25, -0.2) is 4.98 Å². The number of hydrogen-bond donors (Lipinski definition) is 1. The Morgan fingerprint density at radius 3 is 2.15 bits per heavy atom. The molecule has 1 aliphatic rings. The monoisotopic (exact) mass is 482 g/mol. The lowest BCUT2D eigenvalue weighted by Crippen LogP contribution is -2.46. The molecule has 0 saturated carbocycles. The van der Waals surface area contributed by atoms with Gasteiger partial charge in [0.15, 0.2) is 10.9 Å². The minimum absolute atomic E-state index is 0.136. The fourth-order valence-corrected chi connectivity index (χ4v) is 4.67. The molecule has 1 aliphatic heterocycles. The van der Waals surface area contributed by atoms with Crippen molar-refractivity contribution in [1.82, 2.24) is 4.98 Å². The van der Waals surface area contributed by atoms with Crippen LogP contribution in [0.5, 0.6) is 0 Å². The highest BCUT2D eigenvalue weighted by atomic mass is 35.5. The number of benzene rings is 2. The number of carbonyl (C=O) groups is 2. The highest BCUT2D eigenvalue weighted by Gasteiger charge is 2.28. The van der Waals surface area contributed by atoms with Gasteiger partial charge >= 0.3 is 0 Å². The van der Waals surface area contributed by atoms with Crippen molar-refractivity contribution in [3.05, 3.63) is 70.1 Å². The van der Waals surface area contributed by atoms with E-state index in [1.165, 1.54) is 11.3 Å². The van der Waals surface area contributed by atoms with Gasteiger partial charge in [-0.1, -0.05) is 74.0 Å². The summed E-state index contributed by atoms with van der Waals surface area (Å²) in [6.07, 6.45) is 0. The number of rotatable bonds is 5. The second kappa shape index (κ2) is 9.53. The van der Waals surface area contributed by atoms with E-state index in [-0.39, 0.29) is 11.7 Å². The molecular weight excluding hydrogens is 456 g/mol. The summed E-state index contributed by atoms with van der Waals surface area (Å²) in [6, 6.07) is 16.9. The molecule has 0 radical (unpaired) electrons. The Hall–Kier alpha value is -2.90. The molecule has 3 aromatic rings. The van der Waals surface area contributed by atoms with Gasteiger partial charge in [0.2, 0.25) is 11.7 Å². The van der Waals surface area contributed by atoms with Crippen LogP contribution >= 0.6 is 22.9 Å². The molecule has 0 aliphatic carbocycles. The lowest BCUT2D eigenvalue weighted by Gasteiger charge is -2.36. The molecule has 0 unspecified atom stereocenters. The molecular formula is C25H27ClN4O2S. The van der Waals surface area contributed by atoms with Crippen molar-refractivity contribution in [1.29, 1.82) is 0 Å². The number of amides is 1. The molecule has 1 saturated heterocycles. The van der Waals surface area contributed by atoms with Crippen LogP contribution in [0.2, 0.25) is 5.02 Å². The molecule has 1 aromatic heterocycles. The van der Waals surface area contributed by atoms with Gasteiger partial charge in [-0.2, -0.15) is 0 Å². The van der Waals surface area contributed by atoms with E-state index in [0.717, 1.165) is 42.0 Å². The van der Waals surface area contributed by atoms with Crippen molar-refractivity contribution in [2.45, 2.75) is 20.8 Å². The molecule has 172 valence electrons. The fraction of sp³-hybridized carbons (Fsp3) is 0.320. The summed E-state index contributed by atoms with van der Waals surface area (Å²) >= 11 is 7.35. The van der Waals surface area contributed by atoms with E-state index in [2.05, 4.69) is 15.1 Å². The molecule has 33 heavy (non-hydrogen) atoms. The van der Waals surface area contributed by atoms with Gasteiger partial charge in [-0.15, -0.1) is 0 Å². The summed E-state index contributed by atoms with van der Waals surface area (Å²) < 4.78 is 0. The molecule has 8 heteroatoms. The smallest absolute Gasteiger partial charge is 0.230 e. The van der Waals surface area contributed by atoms with E-state index >= 15 is 0 Å². The van der Waals surface area contributed by atoms with Crippen molar-refractivity contribution in [2.24, 2.45) is 5.41 Å². The Morgan fingerprint density at radius 1 is 0.939 bits per heavy atom. The first-order chi connectivity index (χ1) is 15.7. The predicted octanol–water partition coefficient (Wildman–Crippen LogP) is 5.34. The lowest BCUT2D eigenvalue weighted by atomic mass is 9.96. The molecule has 1 amide bonds. The second-order valence-electron chi connectivity index (χ2n) is 9.02. The Balaban J connectivity index is 1.56. The number of hydrogen-bond acceptors (Lipinski definition) is 6. The van der Waals surface area contributed by atoms with Gasteiger partial charge in [0.05, 0.1) is 0 Å². The first-order valence-electron chi connectivity index (χ1n) is 10.9. The molecule has 4 rings (SSSR count). The topological polar surface area (TPSA) is 65.5 Å². The highest BCUT2D eigenvalue weighted by molar-refractivity contribution is 7.18. The first kappa shape index (κ1) is 23.3. The Kier molecular flexibility index (Phi) is 6.72. The molecule has 0 bridgehead atoms. The standard InChI is InChI=1S/C25H27ClN4O2S/c1-25(2,3)23(32)27-22-21(20(31)17-7-5-4-6-8-17)33-24(28-22)30-15-13-29(14-16-30)19-11-9-18(26)10-12-19/h4-12H,13-16H2,1-3H3,(H,27,32). The quantitative estimate of drug-likeness (QED) is 0.497. The molecule has 6 nitrogen and oxygen atoms in total. The van der Waals surface area contributed by atoms with Gasteiger partial charge in [-0.05, 0) is 24.3 Å². The Labute approximate surface area is 203 Å². The molecule has 0 spiro atoms. The van der Waals surface area contributed by atoms with E-state index in [0.29, 0.717) is 16.3 Å². The van der Waals surface area contributed by atoms with Crippen LogP contribution < -0.4 is 15.1 Å². The SMILES string of the molecule is CC(C)(C)C(=O)Nc1nc(N2CCN(c3ccc(Cl)cc3)CC2)sc1C(=O)c1ccccc1. The van der Waals surface area contributed by atoms with Gasteiger partial charge in [-0.3, -0.25) is 9.59 Å². The van der Waals surface area contributed by atoms with Crippen LogP contribution in [0.1, 0.15) is 36.0 Å². The maximum Gasteiger partial charge on any atom is 0.230 e. The minimum Gasteiger partial charge on any atom is -0.368 e. The summed E-state index contributed by atoms with van der Waals surface area (Å²) in [5.41, 5.74) is 1.11. The molecule has 2 heterocycles. The number of nitrogens with one attached hydrogen (secondary N) is 1. The van der Waals surface area contributed by atoms with Crippen LogP contribution in [0.15, 0.2) is 54.6 Å². The zero-order valence-electron chi connectivity index (χ0n) is 19.0.